The van der Waals surface area contributed by atoms with E-state index in [2.05, 4.69) is 0 Å². The normalized spacial score (nSPS) is 51.4. The summed E-state index contributed by atoms with van der Waals surface area (Å²) in [4.78, 5) is 0. The first-order chi connectivity index (χ1) is 21.6. The molecule has 0 amide bonds. The van der Waals surface area contributed by atoms with E-state index in [1.54, 1.807) is 0 Å². The smallest absolute Gasteiger partial charge is 0.224 e. The second-order valence-corrected chi connectivity index (χ2v) is 11.1. The average molecular weight is 685 g/mol. The lowest BCUT2D eigenvalue weighted by Gasteiger charge is -2.45. The molecular weight excluding hydrogens is 640 g/mol. The first-order valence-electron chi connectivity index (χ1n) is 14.1. The van der Waals surface area contributed by atoms with Crippen molar-refractivity contribution in [3.63, 3.8) is 0 Å². The zero-order valence-electron chi connectivity index (χ0n) is 24.0. The fraction of sp³-hybridized carbons (Fsp3) is 1.00. The van der Waals surface area contributed by atoms with Gasteiger partial charge in [0.2, 0.25) is 5.79 Å². The largest absolute Gasteiger partial charge is 0.394 e. The standard InChI is InChI=1S/2C12H22O11/c13-1-4-6(16)8(18)9(19)11(21-4)23-12(3-15)10(20)7(17)5(2-14)22-12;13-1-3-5(15)6(16)9(19)12(22-3)23-10-4(2-14)21-11(20)8(18)7(10)17/h4-11,13-20H,1-3H2;3-20H,1-2H2/t4-,5-,6-,7-,8+,9-,10+,11-,12+;3-,4-,5+,6-,7-,8-,9-,10-,11-,12+/m11/s1. The van der Waals surface area contributed by atoms with E-state index in [1.165, 1.54) is 0 Å². The highest BCUT2D eigenvalue weighted by atomic mass is 16.8. The fourth-order valence-corrected chi connectivity index (χ4v) is 5.20. The lowest BCUT2D eigenvalue weighted by molar-refractivity contribution is -0.383. The van der Waals surface area contributed by atoms with Crippen molar-refractivity contribution < 1.29 is 110 Å². The van der Waals surface area contributed by atoms with Gasteiger partial charge in [-0.15, -0.1) is 0 Å². The molecule has 0 aromatic heterocycles. The van der Waals surface area contributed by atoms with Gasteiger partial charge >= 0.3 is 0 Å². The minimum Gasteiger partial charge on any atom is -0.394 e. The summed E-state index contributed by atoms with van der Waals surface area (Å²) in [6.45, 7) is -3.67. The van der Waals surface area contributed by atoms with Gasteiger partial charge in [-0.25, -0.2) is 0 Å². The summed E-state index contributed by atoms with van der Waals surface area (Å²) in [5.41, 5.74) is 0. The molecule has 16 N–H and O–H groups in total. The van der Waals surface area contributed by atoms with Gasteiger partial charge in [-0.1, -0.05) is 0 Å². The van der Waals surface area contributed by atoms with Crippen LogP contribution in [0.25, 0.3) is 0 Å². The molecule has 4 heterocycles. The summed E-state index contributed by atoms with van der Waals surface area (Å²) < 4.78 is 30.7. The van der Waals surface area contributed by atoms with Gasteiger partial charge in [0.25, 0.3) is 0 Å². The van der Waals surface area contributed by atoms with Crippen molar-refractivity contribution in [3.05, 3.63) is 0 Å². The molecule has 19 atom stereocenters. The molecule has 0 unspecified atom stereocenters. The van der Waals surface area contributed by atoms with Crippen molar-refractivity contribution in [2.24, 2.45) is 0 Å². The average Bonchev–Trinajstić information content (AvgIpc) is 3.30. The van der Waals surface area contributed by atoms with Crippen LogP contribution in [0.5, 0.6) is 0 Å². The van der Waals surface area contributed by atoms with E-state index >= 15 is 0 Å². The zero-order chi connectivity index (χ0) is 34.7. The molecule has 22 nitrogen and oxygen atoms in total. The quantitative estimate of drug-likeness (QED) is 0.107. The van der Waals surface area contributed by atoms with Crippen LogP contribution < -0.4 is 0 Å². The molecule has 4 aliphatic rings. The lowest BCUT2D eigenvalue weighted by Crippen LogP contribution is -2.64. The van der Waals surface area contributed by atoms with Crippen molar-refractivity contribution in [2.45, 2.75) is 116 Å². The van der Waals surface area contributed by atoms with Gasteiger partial charge < -0.3 is 110 Å². The van der Waals surface area contributed by atoms with Gasteiger partial charge in [0.05, 0.1) is 26.4 Å². The molecule has 0 saturated carbocycles. The monoisotopic (exact) mass is 684 g/mol. The third kappa shape index (κ3) is 7.95. The van der Waals surface area contributed by atoms with Gasteiger partial charge in [-0.3, -0.25) is 0 Å². The van der Waals surface area contributed by atoms with Gasteiger partial charge in [-0.05, 0) is 0 Å². The van der Waals surface area contributed by atoms with Crippen LogP contribution in [0.3, 0.4) is 0 Å². The van der Waals surface area contributed by atoms with E-state index in [1.807, 2.05) is 0 Å². The molecule has 4 aliphatic heterocycles. The Balaban J connectivity index is 0.000000250. The third-order valence-corrected chi connectivity index (χ3v) is 8.05. The lowest BCUT2D eigenvalue weighted by atomic mass is 9.97. The van der Waals surface area contributed by atoms with Crippen LogP contribution in [0.15, 0.2) is 0 Å². The number of aliphatic hydroxyl groups is 16. The number of hydrogen-bond donors (Lipinski definition) is 16. The maximum Gasteiger partial charge on any atom is 0.224 e. The first kappa shape index (κ1) is 39.6. The first-order valence-corrected chi connectivity index (χ1v) is 14.1. The molecule has 272 valence electrons. The molecule has 4 saturated heterocycles. The highest BCUT2D eigenvalue weighted by Crippen LogP contribution is 2.36. The molecule has 22 heteroatoms. The van der Waals surface area contributed by atoms with Gasteiger partial charge in [-0.2, -0.15) is 0 Å². The van der Waals surface area contributed by atoms with E-state index in [-0.39, 0.29) is 0 Å². The topological polar surface area (TPSA) is 379 Å². The van der Waals surface area contributed by atoms with Crippen LogP contribution in [0.4, 0.5) is 0 Å². The van der Waals surface area contributed by atoms with E-state index in [0.29, 0.717) is 0 Å². The summed E-state index contributed by atoms with van der Waals surface area (Å²) in [7, 11) is 0. The zero-order valence-corrected chi connectivity index (χ0v) is 24.0. The molecule has 4 rings (SSSR count). The van der Waals surface area contributed by atoms with E-state index in [4.69, 9.17) is 43.7 Å². The van der Waals surface area contributed by atoms with Crippen molar-refractivity contribution in [1.29, 1.82) is 0 Å². The van der Waals surface area contributed by atoms with Crippen LogP contribution in [0.2, 0.25) is 0 Å². The Morgan fingerprint density at radius 2 is 0.935 bits per heavy atom. The number of aliphatic hydroxyl groups excluding tert-OH is 16. The van der Waals surface area contributed by atoms with Crippen LogP contribution in [-0.4, -0.2) is 231 Å². The number of rotatable bonds is 9. The SMILES string of the molecule is OC[C@H]1O[C@@H](O[C@H]2[C@H](O)[C@@H](O)[C@H](O)O[C@@H]2CO)[C@H](O)[C@H](O)[C@H]1O.OC[C@H]1O[C@@](CO)(O[C@H]2O[C@H](CO)[C@@H](O)[C@H](O)[C@H]2O)[C@@H](O)[C@@H]1O. The predicted octanol–water partition coefficient (Wildman–Crippen LogP) is -10.8. The molecule has 0 aromatic rings. The summed E-state index contributed by atoms with van der Waals surface area (Å²) in [5.74, 6) is -2.22. The number of ether oxygens (including phenoxy) is 6. The molecule has 0 aromatic carbocycles. The summed E-state index contributed by atoms with van der Waals surface area (Å²) in [5, 5.41) is 153. The molecule has 4 fully saturated rings. The third-order valence-electron chi connectivity index (χ3n) is 8.05. The van der Waals surface area contributed by atoms with Gasteiger partial charge in [0.1, 0.15) is 98.2 Å². The second kappa shape index (κ2) is 16.7. The molecular formula is C24H44O22. The molecule has 0 radical (unpaired) electrons. The Hall–Kier alpha value is -0.880. The van der Waals surface area contributed by atoms with Crippen LogP contribution >= 0.6 is 0 Å². The highest BCUT2D eigenvalue weighted by Gasteiger charge is 2.58. The fourth-order valence-electron chi connectivity index (χ4n) is 5.20. The van der Waals surface area contributed by atoms with E-state index in [9.17, 15) is 66.4 Å². The molecule has 46 heavy (non-hydrogen) atoms. The Morgan fingerprint density at radius 1 is 0.457 bits per heavy atom. The minimum absolute atomic E-state index is 0.667. The highest BCUT2D eigenvalue weighted by molar-refractivity contribution is 4.98. The van der Waals surface area contributed by atoms with Crippen molar-refractivity contribution in [3.8, 4) is 0 Å². The Morgan fingerprint density at radius 3 is 1.39 bits per heavy atom. The van der Waals surface area contributed by atoms with Crippen LogP contribution in [-0.2, 0) is 28.4 Å². The van der Waals surface area contributed by atoms with Crippen LogP contribution in [0.1, 0.15) is 0 Å². The van der Waals surface area contributed by atoms with Gasteiger partial charge in [0, 0.05) is 0 Å². The summed E-state index contributed by atoms with van der Waals surface area (Å²) in [6.07, 6.45) is -28.2. The Bertz CT molecular complexity index is 913. The van der Waals surface area contributed by atoms with Crippen molar-refractivity contribution in [1.82, 2.24) is 0 Å². The minimum atomic E-state index is -2.22. The summed E-state index contributed by atoms with van der Waals surface area (Å²) >= 11 is 0. The van der Waals surface area contributed by atoms with E-state index < -0.39 is 149 Å². The maximum absolute atomic E-state index is 10.00. The molecule has 0 spiro atoms. The van der Waals surface area contributed by atoms with E-state index in [0.717, 1.165) is 0 Å². The Kier molecular flexibility index (Phi) is 14.3. The van der Waals surface area contributed by atoms with Crippen molar-refractivity contribution in [2.75, 3.05) is 33.0 Å². The number of hydrogen-bond acceptors (Lipinski definition) is 22. The summed E-state index contributed by atoms with van der Waals surface area (Å²) in [6, 6.07) is 0. The van der Waals surface area contributed by atoms with Gasteiger partial charge in [0.15, 0.2) is 18.9 Å². The van der Waals surface area contributed by atoms with Crippen molar-refractivity contribution >= 4 is 0 Å². The second-order valence-electron chi connectivity index (χ2n) is 11.1. The van der Waals surface area contributed by atoms with Crippen LogP contribution in [0, 0.1) is 0 Å². The molecule has 0 aliphatic carbocycles. The Labute approximate surface area is 260 Å². The predicted molar refractivity (Wildman–Crippen MR) is 137 cm³/mol. The maximum atomic E-state index is 10.00. The molecule has 0 bridgehead atoms.